The Balaban J connectivity index is 1.56. The van der Waals surface area contributed by atoms with E-state index in [0.717, 1.165) is 34.3 Å². The number of hydrogen-bond donors (Lipinski definition) is 1. The van der Waals surface area contributed by atoms with Crippen LogP contribution in [-0.2, 0) is 18.6 Å². The summed E-state index contributed by atoms with van der Waals surface area (Å²) >= 11 is 1.81. The molecule has 0 bridgehead atoms. The van der Waals surface area contributed by atoms with Crippen molar-refractivity contribution in [2.24, 2.45) is 7.05 Å². The van der Waals surface area contributed by atoms with Crippen LogP contribution < -0.4 is 5.32 Å². The molecule has 0 spiro atoms. The summed E-state index contributed by atoms with van der Waals surface area (Å²) in [5.41, 5.74) is 3.55. The van der Waals surface area contributed by atoms with Crippen LogP contribution in [0.4, 0.5) is 5.82 Å². The smallest absolute Gasteiger partial charge is 0.256 e. The van der Waals surface area contributed by atoms with E-state index in [1.54, 1.807) is 28.9 Å². The van der Waals surface area contributed by atoms with E-state index in [4.69, 9.17) is 0 Å². The molecule has 2 aromatic heterocycles. The summed E-state index contributed by atoms with van der Waals surface area (Å²) in [6, 6.07) is 7.10. The first kappa shape index (κ1) is 13.9. The van der Waals surface area contributed by atoms with Gasteiger partial charge < -0.3 is 5.32 Å². The maximum absolute atomic E-state index is 12.5. The lowest BCUT2D eigenvalue weighted by Gasteiger charge is -2.08. The lowest BCUT2D eigenvalue weighted by molar-refractivity contribution is 0.102. The van der Waals surface area contributed by atoms with Crippen LogP contribution in [-0.4, -0.2) is 35.9 Å². The highest BCUT2D eigenvalue weighted by Gasteiger charge is 2.22. The largest absolute Gasteiger partial charge is 0.307 e. The van der Waals surface area contributed by atoms with Crippen LogP contribution in [0.25, 0.3) is 5.69 Å². The molecule has 0 saturated carbocycles. The lowest BCUT2D eigenvalue weighted by atomic mass is 10.2. The van der Waals surface area contributed by atoms with E-state index in [2.05, 4.69) is 25.9 Å². The highest BCUT2D eigenvalue weighted by Crippen LogP contribution is 2.34. The highest BCUT2D eigenvalue weighted by molar-refractivity contribution is 7.98. The number of fused-ring (bicyclic) bond motifs is 1. The number of nitrogens with one attached hydrogen (secondary N) is 1. The minimum Gasteiger partial charge on any atom is -0.307 e. The second kappa shape index (κ2) is 5.51. The zero-order valence-electron chi connectivity index (χ0n) is 12.3. The number of nitrogens with zero attached hydrogens (tertiary/aromatic N) is 6. The van der Waals surface area contributed by atoms with Gasteiger partial charge in [0.05, 0.1) is 11.4 Å². The molecular formula is C14H13N7OS. The number of carbonyl (C=O) groups excluding carboxylic acids is 1. The Labute approximate surface area is 135 Å². The van der Waals surface area contributed by atoms with Gasteiger partial charge in [0.15, 0.2) is 0 Å². The van der Waals surface area contributed by atoms with Crippen LogP contribution in [0, 0.1) is 0 Å². The van der Waals surface area contributed by atoms with Gasteiger partial charge in [-0.25, -0.2) is 4.68 Å². The standard InChI is InChI=1S/C14H13N7OS/c1-20-13(11-6-23-7-12(11)17-20)16-14(22)9-2-4-10(5-3-9)21-8-15-18-19-21/h2-5,8H,6-7H2,1H3,(H,16,22). The molecule has 4 rings (SSSR count). The van der Waals surface area contributed by atoms with Gasteiger partial charge in [-0.3, -0.25) is 9.48 Å². The molecule has 1 aliphatic heterocycles. The Morgan fingerprint density at radius 1 is 1.26 bits per heavy atom. The van der Waals surface area contributed by atoms with E-state index in [9.17, 15) is 4.79 Å². The van der Waals surface area contributed by atoms with Gasteiger partial charge in [-0.1, -0.05) is 0 Å². The highest BCUT2D eigenvalue weighted by atomic mass is 32.2. The average molecular weight is 327 g/mol. The van der Waals surface area contributed by atoms with Crippen LogP contribution in [0.5, 0.6) is 0 Å². The van der Waals surface area contributed by atoms with Crippen LogP contribution in [0.15, 0.2) is 30.6 Å². The molecule has 0 saturated heterocycles. The minimum atomic E-state index is -0.157. The lowest BCUT2D eigenvalue weighted by Crippen LogP contribution is -2.15. The number of aromatic nitrogens is 6. The SMILES string of the molecule is Cn1nc2c(c1NC(=O)c1ccc(-n3cnnn3)cc1)CSC2. The molecule has 0 aliphatic carbocycles. The van der Waals surface area contributed by atoms with Crippen molar-refractivity contribution in [1.29, 1.82) is 0 Å². The van der Waals surface area contributed by atoms with Crippen LogP contribution in [0.2, 0.25) is 0 Å². The number of aryl methyl sites for hydroxylation is 1. The number of thioether (sulfide) groups is 1. The number of hydrogen-bond acceptors (Lipinski definition) is 6. The van der Waals surface area contributed by atoms with Gasteiger partial charge in [0, 0.05) is 29.7 Å². The fraction of sp³-hybridized carbons (Fsp3) is 0.214. The zero-order chi connectivity index (χ0) is 15.8. The molecule has 0 radical (unpaired) electrons. The second-order valence-corrected chi connectivity index (χ2v) is 6.13. The van der Waals surface area contributed by atoms with Crippen molar-refractivity contribution in [3.8, 4) is 5.69 Å². The molecule has 0 unspecified atom stereocenters. The predicted molar refractivity (Wildman–Crippen MR) is 85.3 cm³/mol. The summed E-state index contributed by atoms with van der Waals surface area (Å²) < 4.78 is 3.27. The first-order valence-corrected chi connectivity index (χ1v) is 8.15. The Morgan fingerprint density at radius 2 is 2.09 bits per heavy atom. The molecule has 3 heterocycles. The van der Waals surface area contributed by atoms with E-state index in [-0.39, 0.29) is 5.91 Å². The zero-order valence-corrected chi connectivity index (χ0v) is 13.1. The van der Waals surface area contributed by atoms with Gasteiger partial charge in [-0.2, -0.15) is 16.9 Å². The molecule has 0 fully saturated rings. The molecule has 8 nitrogen and oxygen atoms in total. The molecule has 1 aromatic carbocycles. The number of tetrazole rings is 1. The first-order valence-electron chi connectivity index (χ1n) is 6.99. The number of amides is 1. The minimum absolute atomic E-state index is 0.157. The third-order valence-electron chi connectivity index (χ3n) is 3.69. The van der Waals surface area contributed by atoms with Gasteiger partial charge in [0.2, 0.25) is 0 Å². The summed E-state index contributed by atoms with van der Waals surface area (Å²) in [6.07, 6.45) is 1.51. The monoisotopic (exact) mass is 327 g/mol. The van der Waals surface area contributed by atoms with Crippen LogP contribution >= 0.6 is 11.8 Å². The first-order chi connectivity index (χ1) is 11.2. The summed E-state index contributed by atoms with van der Waals surface area (Å²) in [4.78, 5) is 12.5. The Bertz CT molecular complexity index is 854. The number of carbonyl (C=O) groups is 1. The van der Waals surface area contributed by atoms with Gasteiger partial charge in [0.25, 0.3) is 5.91 Å². The van der Waals surface area contributed by atoms with Crippen molar-refractivity contribution in [3.05, 3.63) is 47.4 Å². The molecule has 0 atom stereocenters. The molecular weight excluding hydrogens is 314 g/mol. The third kappa shape index (κ3) is 2.48. The van der Waals surface area contributed by atoms with Gasteiger partial charge in [-0.15, -0.1) is 5.10 Å². The molecule has 23 heavy (non-hydrogen) atoms. The van der Waals surface area contributed by atoms with E-state index < -0.39 is 0 Å². The normalized spacial score (nSPS) is 13.1. The van der Waals surface area contributed by atoms with Crippen molar-refractivity contribution in [3.63, 3.8) is 0 Å². The number of rotatable bonds is 3. The van der Waals surface area contributed by atoms with E-state index in [0.29, 0.717) is 5.56 Å². The summed E-state index contributed by atoms with van der Waals surface area (Å²) in [6.45, 7) is 0. The molecule has 1 N–H and O–H groups in total. The third-order valence-corrected chi connectivity index (χ3v) is 4.66. The van der Waals surface area contributed by atoms with Crippen molar-refractivity contribution in [1.82, 2.24) is 30.0 Å². The van der Waals surface area contributed by atoms with Crippen molar-refractivity contribution in [2.45, 2.75) is 11.5 Å². The topological polar surface area (TPSA) is 90.5 Å². The van der Waals surface area contributed by atoms with Crippen LogP contribution in [0.1, 0.15) is 21.6 Å². The quantitative estimate of drug-likeness (QED) is 0.782. The number of benzene rings is 1. The molecule has 9 heteroatoms. The van der Waals surface area contributed by atoms with Crippen LogP contribution in [0.3, 0.4) is 0 Å². The molecule has 1 aliphatic rings. The van der Waals surface area contributed by atoms with Gasteiger partial charge in [-0.05, 0) is 34.7 Å². The van der Waals surface area contributed by atoms with Crippen molar-refractivity contribution in [2.75, 3.05) is 5.32 Å². The maximum atomic E-state index is 12.5. The van der Waals surface area contributed by atoms with Gasteiger partial charge in [0.1, 0.15) is 12.1 Å². The summed E-state index contributed by atoms with van der Waals surface area (Å²) in [5, 5.41) is 18.4. The van der Waals surface area contributed by atoms with E-state index in [1.165, 1.54) is 11.0 Å². The van der Waals surface area contributed by atoms with Crippen molar-refractivity contribution >= 4 is 23.5 Å². The molecule has 3 aromatic rings. The van der Waals surface area contributed by atoms with E-state index >= 15 is 0 Å². The number of anilines is 1. The predicted octanol–water partition coefficient (Wildman–Crippen LogP) is 1.39. The maximum Gasteiger partial charge on any atom is 0.256 e. The molecule has 116 valence electrons. The van der Waals surface area contributed by atoms with E-state index in [1.807, 2.05) is 18.8 Å². The Morgan fingerprint density at radius 3 is 2.83 bits per heavy atom. The fourth-order valence-corrected chi connectivity index (χ4v) is 3.56. The van der Waals surface area contributed by atoms with Gasteiger partial charge >= 0.3 is 0 Å². The Hall–Kier alpha value is -2.68. The van der Waals surface area contributed by atoms with Crippen molar-refractivity contribution < 1.29 is 4.79 Å². The summed E-state index contributed by atoms with van der Waals surface area (Å²) in [7, 11) is 1.85. The molecule has 1 amide bonds. The fourth-order valence-electron chi connectivity index (χ4n) is 2.52. The average Bonchev–Trinajstić information content (AvgIpc) is 3.28. The second-order valence-electron chi connectivity index (χ2n) is 5.15. The summed E-state index contributed by atoms with van der Waals surface area (Å²) in [5.74, 6) is 2.41. The Kier molecular flexibility index (Phi) is 3.34.